The van der Waals surface area contributed by atoms with E-state index < -0.39 is 24.0 Å². The van der Waals surface area contributed by atoms with Gasteiger partial charge in [0.15, 0.2) is 6.10 Å². The van der Waals surface area contributed by atoms with Crippen molar-refractivity contribution in [1.82, 2.24) is 0 Å². The predicted molar refractivity (Wildman–Crippen MR) is 188 cm³/mol. The van der Waals surface area contributed by atoms with E-state index in [1.807, 2.05) is 0 Å². The van der Waals surface area contributed by atoms with E-state index in [9.17, 15) is 19.8 Å². The third kappa shape index (κ3) is 31.2. The smallest absolute Gasteiger partial charge is 0.363 e. The van der Waals surface area contributed by atoms with Crippen molar-refractivity contribution in [3.05, 3.63) is 0 Å². The molecule has 0 rings (SSSR count). The Morgan fingerprint density at radius 1 is 0.444 bits per heavy atom. The lowest BCUT2D eigenvalue weighted by molar-refractivity contribution is -0.356. The number of rotatable bonds is 35. The highest BCUT2D eigenvalue weighted by atomic mass is 16.8. The molecule has 0 bridgehead atoms. The van der Waals surface area contributed by atoms with Crippen LogP contribution in [-0.4, -0.2) is 34.2 Å². The molecule has 0 amide bonds. The average Bonchev–Trinajstić information content (AvgIpc) is 3.00. The van der Waals surface area contributed by atoms with Crippen molar-refractivity contribution in [2.45, 2.75) is 238 Å². The van der Waals surface area contributed by atoms with Crippen LogP contribution in [0.3, 0.4) is 0 Å². The molecule has 0 aliphatic rings. The van der Waals surface area contributed by atoms with Crippen molar-refractivity contribution < 1.29 is 29.3 Å². The Kier molecular flexibility index (Phi) is 32.0. The van der Waals surface area contributed by atoms with E-state index in [0.29, 0.717) is 12.8 Å². The minimum Gasteiger partial charge on any atom is -0.453 e. The summed E-state index contributed by atoms with van der Waals surface area (Å²) in [6.07, 6.45) is 36.4. The van der Waals surface area contributed by atoms with Gasteiger partial charge in [-0.1, -0.05) is 194 Å². The first-order chi connectivity index (χ1) is 21.8. The van der Waals surface area contributed by atoms with Gasteiger partial charge in [0.1, 0.15) is 0 Å². The largest absolute Gasteiger partial charge is 0.453 e. The Hall–Kier alpha value is -1.14. The SMILES string of the molecule is CCCCCCCCCCCCCCCCCC(=O)OC(C)C(O)(O)OC(=O)CCCCCCCCCCCCCCCCC. The zero-order chi connectivity index (χ0) is 33.3. The second kappa shape index (κ2) is 32.8. The van der Waals surface area contributed by atoms with Gasteiger partial charge in [-0.3, -0.25) is 9.59 Å². The molecule has 0 heterocycles. The molecule has 0 fully saturated rings. The summed E-state index contributed by atoms with van der Waals surface area (Å²) in [6, 6.07) is 0. The topological polar surface area (TPSA) is 93.1 Å². The summed E-state index contributed by atoms with van der Waals surface area (Å²) in [5, 5.41) is 20.3. The van der Waals surface area contributed by atoms with Crippen molar-refractivity contribution in [2.24, 2.45) is 0 Å². The van der Waals surface area contributed by atoms with Crippen LogP contribution in [0, 0.1) is 0 Å². The monoisotopic (exact) mass is 641 g/mol. The fourth-order valence-electron chi connectivity index (χ4n) is 5.92. The summed E-state index contributed by atoms with van der Waals surface area (Å²) in [6.45, 7) is 5.86. The van der Waals surface area contributed by atoms with Gasteiger partial charge in [-0.25, -0.2) is 0 Å². The van der Waals surface area contributed by atoms with Crippen LogP contribution in [0.4, 0.5) is 0 Å². The first-order valence-corrected chi connectivity index (χ1v) is 19.7. The number of carbonyl (C=O) groups excluding carboxylic acids is 2. The third-order valence-electron chi connectivity index (χ3n) is 9.07. The van der Waals surface area contributed by atoms with Crippen molar-refractivity contribution in [1.29, 1.82) is 0 Å². The maximum Gasteiger partial charge on any atom is 0.363 e. The van der Waals surface area contributed by atoms with Crippen LogP contribution < -0.4 is 0 Å². The number of unbranched alkanes of at least 4 members (excludes halogenated alkanes) is 28. The number of hydrogen-bond donors (Lipinski definition) is 2. The molecule has 0 aliphatic carbocycles. The normalized spacial score (nSPS) is 12.4. The molecule has 0 spiro atoms. The summed E-state index contributed by atoms with van der Waals surface area (Å²) >= 11 is 0. The van der Waals surface area contributed by atoms with Crippen LogP contribution in [0.25, 0.3) is 0 Å². The molecule has 6 heteroatoms. The number of hydrogen-bond acceptors (Lipinski definition) is 6. The van der Waals surface area contributed by atoms with E-state index in [-0.39, 0.29) is 12.8 Å². The molecule has 6 nitrogen and oxygen atoms in total. The molecule has 1 atom stereocenters. The third-order valence-corrected chi connectivity index (χ3v) is 9.07. The van der Waals surface area contributed by atoms with Gasteiger partial charge in [-0.2, -0.15) is 0 Å². The van der Waals surface area contributed by atoms with Crippen molar-refractivity contribution in [2.75, 3.05) is 0 Å². The van der Waals surface area contributed by atoms with E-state index in [1.165, 1.54) is 161 Å². The van der Waals surface area contributed by atoms with Crippen LogP contribution in [0.1, 0.15) is 226 Å². The summed E-state index contributed by atoms with van der Waals surface area (Å²) in [7, 11) is 0. The summed E-state index contributed by atoms with van der Waals surface area (Å²) in [5.74, 6) is -3.99. The van der Waals surface area contributed by atoms with Gasteiger partial charge in [0, 0.05) is 12.8 Å². The zero-order valence-electron chi connectivity index (χ0n) is 30.2. The highest BCUT2D eigenvalue weighted by Gasteiger charge is 2.38. The highest BCUT2D eigenvalue weighted by molar-refractivity contribution is 5.70. The second-order valence-electron chi connectivity index (χ2n) is 13.7. The lowest BCUT2D eigenvalue weighted by Crippen LogP contribution is -2.47. The molecule has 2 N–H and O–H groups in total. The number of carbonyl (C=O) groups is 2. The van der Waals surface area contributed by atoms with Crippen LogP contribution in [-0.2, 0) is 19.1 Å². The summed E-state index contributed by atoms with van der Waals surface area (Å²) in [5.41, 5.74) is 0. The first kappa shape index (κ1) is 43.9. The number of esters is 2. The fourth-order valence-corrected chi connectivity index (χ4v) is 5.92. The minimum atomic E-state index is -2.81. The van der Waals surface area contributed by atoms with E-state index >= 15 is 0 Å². The molecule has 0 aromatic carbocycles. The molecule has 45 heavy (non-hydrogen) atoms. The maximum atomic E-state index is 12.2. The van der Waals surface area contributed by atoms with Gasteiger partial charge in [-0.05, 0) is 19.8 Å². The molecule has 0 saturated heterocycles. The van der Waals surface area contributed by atoms with Crippen molar-refractivity contribution in [3.63, 3.8) is 0 Å². The van der Waals surface area contributed by atoms with Gasteiger partial charge < -0.3 is 19.7 Å². The van der Waals surface area contributed by atoms with Gasteiger partial charge in [0.05, 0.1) is 0 Å². The Balaban J connectivity index is 3.64. The van der Waals surface area contributed by atoms with Crippen molar-refractivity contribution >= 4 is 11.9 Å². The van der Waals surface area contributed by atoms with E-state index in [1.54, 1.807) is 0 Å². The van der Waals surface area contributed by atoms with Crippen LogP contribution >= 0.6 is 0 Å². The first-order valence-electron chi connectivity index (χ1n) is 19.7. The lowest BCUT2D eigenvalue weighted by Gasteiger charge is -2.27. The van der Waals surface area contributed by atoms with Gasteiger partial charge in [-0.15, -0.1) is 0 Å². The quantitative estimate of drug-likeness (QED) is 0.0407. The summed E-state index contributed by atoms with van der Waals surface area (Å²) < 4.78 is 10.00. The number of ether oxygens (including phenoxy) is 2. The Bertz CT molecular complexity index is 649. The number of aliphatic hydroxyl groups is 2. The predicted octanol–water partition coefficient (Wildman–Crippen LogP) is 11.6. The Labute approximate surface area is 279 Å². The van der Waals surface area contributed by atoms with Crippen LogP contribution in [0.2, 0.25) is 0 Å². The van der Waals surface area contributed by atoms with Gasteiger partial charge >= 0.3 is 17.9 Å². The van der Waals surface area contributed by atoms with Crippen LogP contribution in [0.5, 0.6) is 0 Å². The van der Waals surface area contributed by atoms with Gasteiger partial charge in [0.2, 0.25) is 0 Å². The molecule has 268 valence electrons. The van der Waals surface area contributed by atoms with E-state index in [4.69, 9.17) is 9.47 Å². The molecule has 0 saturated carbocycles. The zero-order valence-corrected chi connectivity index (χ0v) is 30.2. The molecule has 0 aliphatic heterocycles. The Morgan fingerprint density at radius 3 is 0.978 bits per heavy atom. The van der Waals surface area contributed by atoms with E-state index in [0.717, 1.165) is 25.7 Å². The second-order valence-corrected chi connectivity index (χ2v) is 13.7. The molecular weight excluding hydrogens is 564 g/mol. The Morgan fingerprint density at radius 2 is 0.689 bits per heavy atom. The molecule has 0 aromatic heterocycles. The average molecular weight is 641 g/mol. The van der Waals surface area contributed by atoms with E-state index in [2.05, 4.69) is 13.8 Å². The molecule has 1 unspecified atom stereocenters. The minimum absolute atomic E-state index is 0.126. The highest BCUT2D eigenvalue weighted by Crippen LogP contribution is 2.18. The fraction of sp³-hybridized carbons (Fsp3) is 0.949. The molecule has 0 radical (unpaired) electrons. The maximum absolute atomic E-state index is 12.2. The lowest BCUT2D eigenvalue weighted by atomic mass is 10.0. The van der Waals surface area contributed by atoms with Crippen LogP contribution in [0.15, 0.2) is 0 Å². The van der Waals surface area contributed by atoms with Gasteiger partial charge in [0.25, 0.3) is 0 Å². The molecular formula is C39H76O6. The standard InChI is InChI=1S/C39H76O6/c1-4-6-8-10-12-14-16-18-20-22-24-26-28-30-32-34-37(40)44-36(3)39(42,43)45-38(41)35-33-31-29-27-25-23-21-19-17-15-13-11-9-7-5-2/h36,42-43H,4-35H2,1-3H3. The van der Waals surface area contributed by atoms with Crippen molar-refractivity contribution in [3.8, 4) is 0 Å². The summed E-state index contributed by atoms with van der Waals surface area (Å²) in [4.78, 5) is 24.3. The molecule has 0 aromatic rings.